The Kier molecular flexibility index (Phi) is 3.81. The number of hydrogen-bond donors (Lipinski definition) is 1. The first kappa shape index (κ1) is 16.8. The number of benzene rings is 1. The number of anilines is 1. The summed E-state index contributed by atoms with van der Waals surface area (Å²) < 4.78 is 0. The van der Waals surface area contributed by atoms with Gasteiger partial charge in [0.05, 0.1) is 6.04 Å². The number of thiocarbonyl (C=S) groups is 1. The van der Waals surface area contributed by atoms with Crippen LogP contribution in [0, 0.1) is 5.41 Å². The fraction of sp³-hybridized carbons (Fsp3) is 0.500. The molecule has 3 aliphatic rings. The molecule has 0 unspecified atom stereocenters. The number of nitrogens with one attached hydrogen (secondary N) is 1. The van der Waals surface area contributed by atoms with E-state index in [1.807, 2.05) is 32.0 Å². The molecule has 132 valence electrons. The molecule has 7 heteroatoms. The van der Waals surface area contributed by atoms with Crippen molar-refractivity contribution in [2.24, 2.45) is 5.41 Å². The molecule has 0 bridgehead atoms. The van der Waals surface area contributed by atoms with E-state index < -0.39 is 5.41 Å². The van der Waals surface area contributed by atoms with Crippen molar-refractivity contribution in [2.75, 3.05) is 11.4 Å². The van der Waals surface area contributed by atoms with Gasteiger partial charge < -0.3 is 10.2 Å². The number of hydrogen-bond acceptors (Lipinski definition) is 4. The van der Waals surface area contributed by atoms with Crippen molar-refractivity contribution in [1.29, 1.82) is 0 Å². The zero-order valence-corrected chi connectivity index (χ0v) is 15.8. The summed E-state index contributed by atoms with van der Waals surface area (Å²) in [7, 11) is 0. The summed E-state index contributed by atoms with van der Waals surface area (Å²) in [5, 5.41) is 3.60. The minimum atomic E-state index is -1.17. The first-order valence-corrected chi connectivity index (χ1v) is 9.39. The highest BCUT2D eigenvalue weighted by Crippen LogP contribution is 2.49. The van der Waals surface area contributed by atoms with Gasteiger partial charge in [-0.15, -0.1) is 0 Å². The maximum Gasteiger partial charge on any atom is 0.247 e. The Bertz CT molecular complexity index is 797. The Labute approximate surface area is 157 Å². The lowest BCUT2D eigenvalue weighted by Gasteiger charge is -2.51. The largest absolute Gasteiger partial charge is 0.367 e. The number of fused-ring (bicyclic) bond motifs is 4. The van der Waals surface area contributed by atoms with Gasteiger partial charge in [-0.1, -0.05) is 17.7 Å². The van der Waals surface area contributed by atoms with E-state index in [4.69, 9.17) is 23.8 Å². The highest BCUT2D eigenvalue weighted by Gasteiger charge is 2.62. The van der Waals surface area contributed by atoms with E-state index in [-0.39, 0.29) is 29.0 Å². The topological polar surface area (TPSA) is 52.7 Å². The Balaban J connectivity index is 1.91. The van der Waals surface area contributed by atoms with Crippen molar-refractivity contribution in [3.63, 3.8) is 0 Å². The third kappa shape index (κ3) is 2.16. The quantitative estimate of drug-likeness (QED) is 0.603. The summed E-state index contributed by atoms with van der Waals surface area (Å²) in [4.78, 5) is 30.4. The number of amides is 2. The molecule has 2 amide bonds. The molecule has 1 aromatic carbocycles. The molecule has 0 radical (unpaired) electrons. The standard InChI is InChI=1S/C18H20ClN3O2S/c1-10(2)22-16(24)18(15(23)20-17(22)25)9-11-12(19)5-3-6-13(11)21-8-4-7-14(18)21/h3,5-6,10,14H,4,7-9H2,1-2H3,(H,20,23,25)/t14-,18+/m1/s1. The average Bonchev–Trinajstić information content (AvgIpc) is 3.03. The predicted molar refractivity (Wildman–Crippen MR) is 101 cm³/mol. The van der Waals surface area contributed by atoms with Crippen LogP contribution in [0.5, 0.6) is 0 Å². The lowest BCUT2D eigenvalue weighted by Crippen LogP contribution is -2.72. The third-order valence-corrected chi connectivity index (χ3v) is 6.29. The molecule has 25 heavy (non-hydrogen) atoms. The molecule has 5 nitrogen and oxygen atoms in total. The summed E-state index contributed by atoms with van der Waals surface area (Å²) in [6.07, 6.45) is 2.08. The van der Waals surface area contributed by atoms with Gasteiger partial charge in [-0.2, -0.15) is 0 Å². The number of halogens is 1. The molecule has 3 heterocycles. The van der Waals surface area contributed by atoms with Crippen LogP contribution in [-0.2, 0) is 16.0 Å². The van der Waals surface area contributed by atoms with Crippen LogP contribution in [0.1, 0.15) is 32.3 Å². The highest BCUT2D eigenvalue weighted by molar-refractivity contribution is 7.80. The zero-order valence-electron chi connectivity index (χ0n) is 14.2. The second-order valence-corrected chi connectivity index (χ2v) is 8.06. The van der Waals surface area contributed by atoms with Gasteiger partial charge in [-0.25, -0.2) is 0 Å². The van der Waals surface area contributed by atoms with Crippen LogP contribution in [0.25, 0.3) is 0 Å². The van der Waals surface area contributed by atoms with Crippen molar-refractivity contribution in [1.82, 2.24) is 10.2 Å². The molecule has 2 fully saturated rings. The zero-order chi connectivity index (χ0) is 17.9. The first-order valence-electron chi connectivity index (χ1n) is 8.61. The maximum absolute atomic E-state index is 13.5. The van der Waals surface area contributed by atoms with Crippen LogP contribution in [0.15, 0.2) is 18.2 Å². The number of carbonyl (C=O) groups is 2. The molecule has 2 saturated heterocycles. The smallest absolute Gasteiger partial charge is 0.247 e. The minimum absolute atomic E-state index is 0.111. The molecule has 2 atom stereocenters. The Morgan fingerprint density at radius 2 is 2.12 bits per heavy atom. The molecule has 0 saturated carbocycles. The van der Waals surface area contributed by atoms with Crippen molar-refractivity contribution in [3.05, 3.63) is 28.8 Å². The van der Waals surface area contributed by atoms with Gasteiger partial charge >= 0.3 is 0 Å². The number of carbonyl (C=O) groups excluding carboxylic acids is 2. The van der Waals surface area contributed by atoms with Gasteiger partial charge in [-0.3, -0.25) is 14.5 Å². The van der Waals surface area contributed by atoms with Crippen molar-refractivity contribution < 1.29 is 9.59 Å². The van der Waals surface area contributed by atoms with Gasteiger partial charge in [0.1, 0.15) is 0 Å². The SMILES string of the molecule is CC(C)N1C(=O)[C@]2(Cc3c(Cl)cccc3N3CCC[C@@H]32)C(=O)NC1=S. The Hall–Kier alpha value is -1.66. The lowest BCUT2D eigenvalue weighted by atomic mass is 9.68. The van der Waals surface area contributed by atoms with Crippen molar-refractivity contribution in [3.8, 4) is 0 Å². The number of nitrogens with zero attached hydrogens (tertiary/aromatic N) is 2. The normalized spacial score (nSPS) is 28.5. The molecule has 1 aromatic rings. The average molecular weight is 378 g/mol. The van der Waals surface area contributed by atoms with Crippen LogP contribution >= 0.6 is 23.8 Å². The molecular formula is C18H20ClN3O2S. The Morgan fingerprint density at radius 1 is 1.36 bits per heavy atom. The summed E-state index contributed by atoms with van der Waals surface area (Å²) in [5.74, 6) is -0.486. The van der Waals surface area contributed by atoms with Crippen LogP contribution < -0.4 is 10.2 Å². The van der Waals surface area contributed by atoms with E-state index in [0.717, 1.165) is 30.6 Å². The maximum atomic E-state index is 13.5. The molecule has 1 spiro atoms. The summed E-state index contributed by atoms with van der Waals surface area (Å²) in [6, 6.07) is 5.51. The van der Waals surface area contributed by atoms with Crippen LogP contribution in [-0.4, -0.2) is 40.5 Å². The van der Waals surface area contributed by atoms with Gasteiger partial charge in [0.2, 0.25) is 11.8 Å². The highest BCUT2D eigenvalue weighted by atomic mass is 35.5. The van der Waals surface area contributed by atoms with Gasteiger partial charge in [0.25, 0.3) is 0 Å². The van der Waals surface area contributed by atoms with Crippen LogP contribution in [0.4, 0.5) is 5.69 Å². The summed E-state index contributed by atoms with van der Waals surface area (Å²) >= 11 is 11.7. The van der Waals surface area contributed by atoms with E-state index in [1.54, 1.807) is 4.90 Å². The molecule has 1 N–H and O–H groups in total. The fourth-order valence-corrected chi connectivity index (χ4v) is 5.17. The van der Waals surface area contributed by atoms with E-state index in [9.17, 15) is 9.59 Å². The molecule has 0 aromatic heterocycles. The minimum Gasteiger partial charge on any atom is -0.367 e. The van der Waals surface area contributed by atoms with E-state index in [2.05, 4.69) is 10.2 Å². The lowest BCUT2D eigenvalue weighted by molar-refractivity contribution is -0.153. The summed E-state index contributed by atoms with van der Waals surface area (Å²) in [6.45, 7) is 4.64. The van der Waals surface area contributed by atoms with Gasteiger partial charge in [0.15, 0.2) is 10.5 Å². The van der Waals surface area contributed by atoms with Crippen molar-refractivity contribution >= 4 is 46.4 Å². The van der Waals surface area contributed by atoms with Gasteiger partial charge in [0, 0.05) is 29.7 Å². The van der Waals surface area contributed by atoms with Crippen LogP contribution in [0.3, 0.4) is 0 Å². The molecule has 3 aliphatic heterocycles. The second kappa shape index (κ2) is 5.68. The fourth-order valence-electron chi connectivity index (χ4n) is 4.55. The monoisotopic (exact) mass is 377 g/mol. The van der Waals surface area contributed by atoms with Gasteiger partial charge in [-0.05, 0) is 56.6 Å². The first-order chi connectivity index (χ1) is 11.9. The third-order valence-electron chi connectivity index (χ3n) is 5.64. The Morgan fingerprint density at radius 3 is 2.84 bits per heavy atom. The van der Waals surface area contributed by atoms with E-state index in [0.29, 0.717) is 11.4 Å². The van der Waals surface area contributed by atoms with E-state index >= 15 is 0 Å². The molecule has 4 rings (SSSR count). The summed E-state index contributed by atoms with van der Waals surface area (Å²) in [5.41, 5.74) is 0.758. The van der Waals surface area contributed by atoms with Crippen molar-refractivity contribution in [2.45, 2.75) is 45.2 Å². The van der Waals surface area contributed by atoms with E-state index in [1.165, 1.54) is 0 Å². The molecule has 0 aliphatic carbocycles. The second-order valence-electron chi connectivity index (χ2n) is 7.27. The van der Waals surface area contributed by atoms with Crippen LogP contribution in [0.2, 0.25) is 5.02 Å². The molecular weight excluding hydrogens is 358 g/mol. The predicted octanol–water partition coefficient (Wildman–Crippen LogP) is 2.50. The number of rotatable bonds is 1.